The number of aromatic amines is 1. The monoisotopic (exact) mass is 341 g/mol. The fourth-order valence-electron chi connectivity index (χ4n) is 3.97. The number of H-pyrrole nitrogens is 1. The standard InChI is InChI=1S/C24H39N/c1-5-9-13-19-17-18-23-24(20(19)14-10-6-2)21(15-11-7-3)22(25-23)16-12-8-4/h17-18,25H,5-16H2,1-4H3. The van der Waals surface area contributed by atoms with Crippen molar-refractivity contribution < 1.29 is 0 Å². The highest BCUT2D eigenvalue weighted by Crippen LogP contribution is 2.32. The molecule has 0 atom stereocenters. The molecule has 0 bridgehead atoms. The first-order valence-electron chi connectivity index (χ1n) is 10.9. The molecule has 0 unspecified atom stereocenters. The second-order valence-electron chi connectivity index (χ2n) is 7.62. The molecule has 140 valence electrons. The van der Waals surface area contributed by atoms with Crippen molar-refractivity contribution in [3.05, 3.63) is 34.5 Å². The summed E-state index contributed by atoms with van der Waals surface area (Å²) in [6, 6.07) is 4.77. The molecule has 0 aliphatic carbocycles. The third-order valence-electron chi connectivity index (χ3n) is 5.50. The van der Waals surface area contributed by atoms with Crippen LogP contribution in [0.15, 0.2) is 12.1 Å². The first kappa shape index (κ1) is 20.1. The number of aryl methyl sites for hydroxylation is 4. The summed E-state index contributed by atoms with van der Waals surface area (Å²) in [5.41, 5.74) is 7.84. The van der Waals surface area contributed by atoms with E-state index in [1.165, 1.54) is 88.3 Å². The van der Waals surface area contributed by atoms with Crippen molar-refractivity contribution in [3.8, 4) is 0 Å². The van der Waals surface area contributed by atoms with Crippen LogP contribution in [0, 0.1) is 0 Å². The van der Waals surface area contributed by atoms with E-state index in [-0.39, 0.29) is 0 Å². The highest BCUT2D eigenvalue weighted by molar-refractivity contribution is 5.89. The summed E-state index contributed by atoms with van der Waals surface area (Å²) < 4.78 is 0. The number of hydrogen-bond acceptors (Lipinski definition) is 0. The van der Waals surface area contributed by atoms with Crippen LogP contribution in [-0.4, -0.2) is 4.98 Å². The Labute approximate surface area is 155 Å². The molecule has 0 saturated carbocycles. The molecule has 0 spiro atoms. The number of aromatic nitrogens is 1. The van der Waals surface area contributed by atoms with E-state index < -0.39 is 0 Å². The Bertz CT molecular complexity index is 629. The number of rotatable bonds is 12. The van der Waals surface area contributed by atoms with Gasteiger partial charge in [-0.15, -0.1) is 0 Å². The molecule has 0 aliphatic rings. The zero-order valence-electron chi connectivity index (χ0n) is 17.1. The Morgan fingerprint density at radius 2 is 1.20 bits per heavy atom. The van der Waals surface area contributed by atoms with Crippen LogP contribution in [0.2, 0.25) is 0 Å². The van der Waals surface area contributed by atoms with Crippen molar-refractivity contribution in [1.82, 2.24) is 4.98 Å². The van der Waals surface area contributed by atoms with E-state index in [0.29, 0.717) is 0 Å². The lowest BCUT2D eigenvalue weighted by Crippen LogP contribution is -1.99. The lowest BCUT2D eigenvalue weighted by molar-refractivity contribution is 0.749. The predicted molar refractivity (Wildman–Crippen MR) is 113 cm³/mol. The minimum Gasteiger partial charge on any atom is -0.358 e. The molecule has 0 saturated heterocycles. The summed E-state index contributed by atoms with van der Waals surface area (Å²) in [6.07, 6.45) is 15.3. The van der Waals surface area contributed by atoms with Crippen LogP contribution in [-0.2, 0) is 25.7 Å². The van der Waals surface area contributed by atoms with Crippen LogP contribution in [0.5, 0.6) is 0 Å². The van der Waals surface area contributed by atoms with Crippen LogP contribution in [0.4, 0.5) is 0 Å². The molecule has 2 aromatic rings. The highest BCUT2D eigenvalue weighted by atomic mass is 14.7. The largest absolute Gasteiger partial charge is 0.358 e. The van der Waals surface area contributed by atoms with Crippen LogP contribution < -0.4 is 0 Å². The van der Waals surface area contributed by atoms with Crippen LogP contribution in [0.3, 0.4) is 0 Å². The number of nitrogens with one attached hydrogen (secondary N) is 1. The molecule has 1 aromatic heterocycles. The van der Waals surface area contributed by atoms with Gasteiger partial charge in [-0.25, -0.2) is 0 Å². The Kier molecular flexibility index (Phi) is 8.58. The van der Waals surface area contributed by atoms with Crippen molar-refractivity contribution in [2.45, 2.75) is 105 Å². The van der Waals surface area contributed by atoms with Gasteiger partial charge in [0.15, 0.2) is 0 Å². The maximum absolute atomic E-state index is 3.81. The van der Waals surface area contributed by atoms with Crippen molar-refractivity contribution in [3.63, 3.8) is 0 Å². The summed E-state index contributed by atoms with van der Waals surface area (Å²) in [7, 11) is 0. The Hall–Kier alpha value is -1.24. The molecular weight excluding hydrogens is 302 g/mol. The summed E-state index contributed by atoms with van der Waals surface area (Å²) in [4.78, 5) is 3.81. The van der Waals surface area contributed by atoms with Gasteiger partial charge in [0.2, 0.25) is 0 Å². The van der Waals surface area contributed by atoms with Crippen molar-refractivity contribution in [2.24, 2.45) is 0 Å². The molecule has 1 heterocycles. The van der Waals surface area contributed by atoms with Gasteiger partial charge in [-0.1, -0.05) is 59.4 Å². The zero-order chi connectivity index (χ0) is 18.1. The van der Waals surface area contributed by atoms with E-state index in [1.54, 1.807) is 22.1 Å². The van der Waals surface area contributed by atoms with Gasteiger partial charge >= 0.3 is 0 Å². The van der Waals surface area contributed by atoms with Gasteiger partial charge in [-0.05, 0) is 74.1 Å². The third kappa shape index (κ3) is 5.12. The molecule has 1 N–H and O–H groups in total. The third-order valence-corrected chi connectivity index (χ3v) is 5.50. The van der Waals surface area contributed by atoms with Crippen LogP contribution in [0.1, 0.15) is 101 Å². The fourth-order valence-corrected chi connectivity index (χ4v) is 3.97. The van der Waals surface area contributed by atoms with Gasteiger partial charge in [0.05, 0.1) is 0 Å². The van der Waals surface area contributed by atoms with Gasteiger partial charge in [0.1, 0.15) is 0 Å². The van der Waals surface area contributed by atoms with Crippen molar-refractivity contribution in [2.75, 3.05) is 0 Å². The zero-order valence-corrected chi connectivity index (χ0v) is 17.1. The van der Waals surface area contributed by atoms with E-state index in [0.717, 1.165) is 0 Å². The van der Waals surface area contributed by atoms with Gasteiger partial charge < -0.3 is 4.98 Å². The van der Waals surface area contributed by atoms with Gasteiger partial charge in [-0.3, -0.25) is 0 Å². The minimum absolute atomic E-state index is 1.21. The maximum Gasteiger partial charge on any atom is 0.0461 e. The first-order chi connectivity index (χ1) is 12.3. The second kappa shape index (κ2) is 10.7. The molecular formula is C24H39N. The normalized spacial score (nSPS) is 11.5. The Balaban J connectivity index is 2.53. The number of benzene rings is 1. The van der Waals surface area contributed by atoms with Gasteiger partial charge in [0.25, 0.3) is 0 Å². The molecule has 0 radical (unpaired) electrons. The maximum atomic E-state index is 3.81. The summed E-state index contributed by atoms with van der Waals surface area (Å²) in [6.45, 7) is 9.22. The fraction of sp³-hybridized carbons (Fsp3) is 0.667. The van der Waals surface area contributed by atoms with E-state index in [4.69, 9.17) is 0 Å². The summed E-state index contributed by atoms with van der Waals surface area (Å²) >= 11 is 0. The average molecular weight is 342 g/mol. The quantitative estimate of drug-likeness (QED) is 0.410. The van der Waals surface area contributed by atoms with Gasteiger partial charge in [0, 0.05) is 16.6 Å². The molecule has 1 aromatic carbocycles. The molecule has 1 nitrogen and oxygen atoms in total. The summed E-state index contributed by atoms with van der Waals surface area (Å²) in [5, 5.41) is 1.60. The van der Waals surface area contributed by atoms with Crippen LogP contribution >= 0.6 is 0 Å². The molecule has 0 amide bonds. The van der Waals surface area contributed by atoms with E-state index in [2.05, 4.69) is 44.8 Å². The smallest absolute Gasteiger partial charge is 0.0461 e. The van der Waals surface area contributed by atoms with Crippen LogP contribution in [0.25, 0.3) is 10.9 Å². The SMILES string of the molecule is CCCCc1ccc2[nH]c(CCCC)c(CCCC)c2c1CCCC. The number of unbranched alkanes of at least 4 members (excludes halogenated alkanes) is 4. The van der Waals surface area contributed by atoms with Crippen molar-refractivity contribution >= 4 is 10.9 Å². The minimum atomic E-state index is 1.21. The Morgan fingerprint density at radius 3 is 1.84 bits per heavy atom. The van der Waals surface area contributed by atoms with Crippen molar-refractivity contribution in [1.29, 1.82) is 0 Å². The molecule has 1 heteroatoms. The van der Waals surface area contributed by atoms with E-state index >= 15 is 0 Å². The Morgan fingerprint density at radius 1 is 0.640 bits per heavy atom. The lowest BCUT2D eigenvalue weighted by Gasteiger charge is -2.13. The molecule has 2 rings (SSSR count). The number of hydrogen-bond donors (Lipinski definition) is 1. The van der Waals surface area contributed by atoms with E-state index in [9.17, 15) is 0 Å². The second-order valence-corrected chi connectivity index (χ2v) is 7.62. The highest BCUT2D eigenvalue weighted by Gasteiger charge is 2.16. The van der Waals surface area contributed by atoms with Gasteiger partial charge in [-0.2, -0.15) is 0 Å². The number of fused-ring (bicyclic) bond motifs is 1. The molecule has 0 fully saturated rings. The lowest BCUT2D eigenvalue weighted by atomic mass is 9.91. The first-order valence-corrected chi connectivity index (χ1v) is 10.9. The van der Waals surface area contributed by atoms with E-state index in [1.807, 2.05) is 0 Å². The summed E-state index contributed by atoms with van der Waals surface area (Å²) in [5.74, 6) is 0. The molecule has 25 heavy (non-hydrogen) atoms. The topological polar surface area (TPSA) is 15.8 Å². The molecule has 0 aliphatic heterocycles. The average Bonchev–Trinajstić information content (AvgIpc) is 2.99. The predicted octanol–water partition coefficient (Wildman–Crippen LogP) is 7.54.